The van der Waals surface area contributed by atoms with E-state index in [9.17, 15) is 0 Å². The van der Waals surface area contributed by atoms with Crippen molar-refractivity contribution in [2.75, 3.05) is 0 Å². The van der Waals surface area contributed by atoms with Gasteiger partial charge in [0.1, 0.15) is 0 Å². The average Bonchev–Trinajstić information content (AvgIpc) is 1.83. The second-order valence-electron chi connectivity index (χ2n) is 3.89. The summed E-state index contributed by atoms with van der Waals surface area (Å²) in [5.74, 6) is 0.480. The van der Waals surface area contributed by atoms with Crippen molar-refractivity contribution in [1.82, 2.24) is 0 Å². The lowest BCUT2D eigenvalue weighted by molar-refractivity contribution is 0.0159. The van der Waals surface area contributed by atoms with E-state index in [4.69, 9.17) is 20.3 Å². The Kier molecular flexibility index (Phi) is 5.07. The molecule has 0 amide bonds. The summed E-state index contributed by atoms with van der Waals surface area (Å²) in [6.45, 7) is 8.08. The molecule has 4 heteroatoms. The smallest absolute Gasteiger partial charge is 0.0993 e. The summed E-state index contributed by atoms with van der Waals surface area (Å²) in [4.78, 5) is 0. The van der Waals surface area contributed by atoms with Crippen molar-refractivity contribution in [3.63, 3.8) is 0 Å². The van der Waals surface area contributed by atoms with Crippen LogP contribution in [0.25, 0.3) is 0 Å². The molecule has 0 aromatic heterocycles. The fraction of sp³-hybridized carbons (Fsp3) is 1.00. The van der Waals surface area contributed by atoms with E-state index in [1.54, 1.807) is 0 Å². The second kappa shape index (κ2) is 5.01. The quantitative estimate of drug-likeness (QED) is 0.547. The molecule has 0 aliphatic carbocycles. The summed E-state index contributed by atoms with van der Waals surface area (Å²) in [5.41, 5.74) is 0. The van der Waals surface area contributed by atoms with E-state index in [1.165, 1.54) is 7.17 Å². The van der Waals surface area contributed by atoms with Gasteiger partial charge in [0.15, 0.2) is 0 Å². The van der Waals surface area contributed by atoms with Crippen LogP contribution in [0.4, 0.5) is 0 Å². The average molecular weight is 161 g/mol. The van der Waals surface area contributed by atoms with Crippen LogP contribution >= 0.6 is 0 Å². The fourth-order valence-corrected chi connectivity index (χ4v) is 1.23. The van der Waals surface area contributed by atoms with Gasteiger partial charge in [0.2, 0.25) is 0 Å². The van der Waals surface area contributed by atoms with Gasteiger partial charge in [-0.1, -0.05) is 13.8 Å². The van der Waals surface area contributed by atoms with E-state index in [-0.39, 0.29) is 6.10 Å². The zero-order valence-corrected chi connectivity index (χ0v) is 8.50. The maximum absolute atomic E-state index is 5.90. The molecule has 0 aromatic rings. The summed E-state index contributed by atoms with van der Waals surface area (Å²) < 4.78 is 5.50. The summed E-state index contributed by atoms with van der Waals surface area (Å²) in [6, 6.07) is 0. The molecule has 0 bridgehead atoms. The number of ether oxygens (including phenoxy) is 1. The second-order valence-corrected chi connectivity index (χ2v) is 3.89. The summed E-state index contributed by atoms with van der Waals surface area (Å²) >= 11 is 0. The topological polar surface area (TPSA) is 9.23 Å². The Morgan fingerprint density at radius 2 is 1.83 bits per heavy atom. The zero-order chi connectivity index (χ0) is 9.78. The van der Waals surface area contributed by atoms with Crippen LogP contribution < -0.4 is 0 Å². The first-order valence-electron chi connectivity index (χ1n) is 4.42. The van der Waals surface area contributed by atoms with Gasteiger partial charge in [0.25, 0.3) is 0 Å². The van der Waals surface area contributed by atoms with Crippen molar-refractivity contribution in [3.8, 4) is 0 Å². The molecule has 0 N–H and O–H groups in total. The molecule has 0 saturated carbocycles. The Hall–Kier alpha value is 0.155. The fourth-order valence-electron chi connectivity index (χ4n) is 1.23. The molecule has 0 rings (SSSR count). The third-order valence-electron chi connectivity index (χ3n) is 1.46. The minimum absolute atomic E-state index is 0.105. The number of hydrogen-bond donors (Lipinski definition) is 0. The molecule has 12 heavy (non-hydrogen) atoms. The van der Waals surface area contributed by atoms with Crippen LogP contribution in [0.2, 0.25) is 0 Å². The molecule has 1 atom stereocenters. The Morgan fingerprint density at radius 1 is 1.33 bits per heavy atom. The van der Waals surface area contributed by atoms with Gasteiger partial charge < -0.3 is 4.74 Å². The van der Waals surface area contributed by atoms with Gasteiger partial charge in [-0.05, 0) is 31.6 Å². The lowest BCUT2D eigenvalue weighted by Gasteiger charge is -2.33. The van der Waals surface area contributed by atoms with Gasteiger partial charge in [-0.2, -0.15) is 0 Å². The molecule has 1 nitrogen and oxygen atoms in total. The first-order valence-corrected chi connectivity index (χ1v) is 4.42. The van der Waals surface area contributed by atoms with Crippen molar-refractivity contribution in [2.45, 2.75) is 45.6 Å². The maximum Gasteiger partial charge on any atom is 0.0993 e. The molecular formula is C8H16B3O. The normalized spacial score (nSPS) is 16.5. The van der Waals surface area contributed by atoms with Gasteiger partial charge in [0.05, 0.1) is 21.1 Å². The predicted octanol–water partition coefficient (Wildman–Crippen LogP) is 1.07. The SMILES string of the molecule is [B][B]C([B])(CC(C)C)OC(C)C. The van der Waals surface area contributed by atoms with E-state index >= 15 is 0 Å². The summed E-state index contributed by atoms with van der Waals surface area (Å²) in [5, 5.41) is -0.762. The Balaban J connectivity index is 4.04. The van der Waals surface area contributed by atoms with Gasteiger partial charge in [-0.25, -0.2) is 0 Å². The Bertz CT molecular complexity index is 115. The lowest BCUT2D eigenvalue weighted by atomic mass is 9.36. The molecule has 0 spiro atoms. The Labute approximate surface area is 79.7 Å². The minimum atomic E-state index is -0.762. The molecular weight excluding hydrogens is 145 g/mol. The molecule has 5 radical (unpaired) electrons. The molecule has 0 saturated heterocycles. The predicted molar refractivity (Wildman–Crippen MR) is 55.7 cm³/mol. The molecule has 0 aromatic carbocycles. The number of hydrogen-bond acceptors (Lipinski definition) is 1. The van der Waals surface area contributed by atoms with E-state index in [2.05, 4.69) is 13.8 Å². The van der Waals surface area contributed by atoms with Crippen molar-refractivity contribution in [2.24, 2.45) is 5.92 Å². The molecule has 63 valence electrons. The minimum Gasteiger partial charge on any atom is -0.392 e. The van der Waals surface area contributed by atoms with Crippen LogP contribution in [-0.2, 0) is 4.74 Å². The lowest BCUT2D eigenvalue weighted by Crippen LogP contribution is -2.43. The Morgan fingerprint density at radius 3 is 2.08 bits per heavy atom. The van der Waals surface area contributed by atoms with Crippen LogP contribution in [-0.4, -0.2) is 34.3 Å². The number of rotatable bonds is 5. The maximum atomic E-state index is 5.90. The van der Waals surface area contributed by atoms with Crippen LogP contribution in [0.1, 0.15) is 34.1 Å². The monoisotopic (exact) mass is 161 g/mol. The highest BCUT2D eigenvalue weighted by atomic mass is 16.5. The van der Waals surface area contributed by atoms with E-state index in [1.807, 2.05) is 13.8 Å². The van der Waals surface area contributed by atoms with Gasteiger partial charge in [-0.15, -0.1) is 0 Å². The largest absolute Gasteiger partial charge is 0.392 e. The summed E-state index contributed by atoms with van der Waals surface area (Å²) in [6.07, 6.45) is 0.857. The van der Waals surface area contributed by atoms with Crippen LogP contribution in [0, 0.1) is 5.92 Å². The van der Waals surface area contributed by atoms with Gasteiger partial charge in [0, 0.05) is 7.74 Å². The highest BCUT2D eigenvalue weighted by Crippen LogP contribution is 2.17. The molecule has 0 heterocycles. The standard InChI is InChI=1S/C8H16B3O/c1-6(2)5-8(9,11-10)12-7(3)4/h6-7H,5H2,1-4H3. The van der Waals surface area contributed by atoms with Crippen molar-refractivity contribution >= 4 is 22.8 Å². The highest BCUT2D eigenvalue weighted by molar-refractivity contribution is 6.94. The third kappa shape index (κ3) is 4.92. The van der Waals surface area contributed by atoms with Crippen LogP contribution in [0.3, 0.4) is 0 Å². The third-order valence-corrected chi connectivity index (χ3v) is 1.46. The zero-order valence-electron chi connectivity index (χ0n) is 8.50. The first-order chi connectivity index (χ1) is 5.39. The van der Waals surface area contributed by atoms with Crippen LogP contribution in [0.5, 0.6) is 0 Å². The summed E-state index contributed by atoms with van der Waals surface area (Å²) in [7, 11) is 12.8. The molecule has 1 unspecified atom stereocenters. The van der Waals surface area contributed by atoms with Crippen molar-refractivity contribution < 1.29 is 4.74 Å². The van der Waals surface area contributed by atoms with Crippen LogP contribution in [0.15, 0.2) is 0 Å². The van der Waals surface area contributed by atoms with Crippen molar-refractivity contribution in [1.29, 1.82) is 0 Å². The molecule has 0 aliphatic heterocycles. The van der Waals surface area contributed by atoms with Crippen molar-refractivity contribution in [3.05, 3.63) is 0 Å². The molecule has 0 fully saturated rings. The van der Waals surface area contributed by atoms with Gasteiger partial charge in [-0.3, -0.25) is 0 Å². The van der Waals surface area contributed by atoms with Gasteiger partial charge >= 0.3 is 0 Å². The van der Waals surface area contributed by atoms with E-state index < -0.39 is 5.40 Å². The van der Waals surface area contributed by atoms with E-state index in [0.29, 0.717) is 5.92 Å². The van der Waals surface area contributed by atoms with E-state index in [0.717, 1.165) is 6.42 Å². The first kappa shape index (κ1) is 12.2. The molecule has 0 aliphatic rings. The highest BCUT2D eigenvalue weighted by Gasteiger charge is 2.24.